The molecular formula is C12H11N3OS. The van der Waals surface area contributed by atoms with E-state index in [-0.39, 0.29) is 0 Å². The van der Waals surface area contributed by atoms with Gasteiger partial charge in [-0.3, -0.25) is 0 Å². The number of thiophene rings is 1. The van der Waals surface area contributed by atoms with Crippen molar-refractivity contribution in [2.45, 2.75) is 6.54 Å². The zero-order chi connectivity index (χ0) is 11.7. The van der Waals surface area contributed by atoms with Gasteiger partial charge in [-0.1, -0.05) is 23.4 Å². The van der Waals surface area contributed by atoms with Gasteiger partial charge in [0.05, 0.1) is 12.1 Å². The van der Waals surface area contributed by atoms with Crippen LogP contribution in [0.4, 0.5) is 0 Å². The second-order valence-corrected chi connectivity index (χ2v) is 4.60. The van der Waals surface area contributed by atoms with E-state index in [9.17, 15) is 0 Å². The van der Waals surface area contributed by atoms with Crippen LogP contribution in [0.15, 0.2) is 34.2 Å². The van der Waals surface area contributed by atoms with Crippen molar-refractivity contribution in [3.63, 3.8) is 0 Å². The van der Waals surface area contributed by atoms with Crippen molar-refractivity contribution in [2.24, 2.45) is 0 Å². The third-order valence-electron chi connectivity index (χ3n) is 2.51. The minimum atomic E-state index is 0.590. The summed E-state index contributed by atoms with van der Waals surface area (Å²) in [5.41, 5.74) is 1.01. The molecule has 0 fully saturated rings. The molecule has 4 nitrogen and oxygen atoms in total. The van der Waals surface area contributed by atoms with Crippen LogP contribution in [0.1, 0.15) is 5.82 Å². The van der Waals surface area contributed by atoms with Gasteiger partial charge in [0.1, 0.15) is 0 Å². The van der Waals surface area contributed by atoms with Crippen molar-refractivity contribution in [2.75, 3.05) is 7.05 Å². The lowest BCUT2D eigenvalue weighted by molar-refractivity contribution is 0.421. The lowest BCUT2D eigenvalue weighted by Gasteiger charge is -1.91. The summed E-state index contributed by atoms with van der Waals surface area (Å²) in [6.07, 6.45) is 0. The maximum atomic E-state index is 5.28. The Balaban J connectivity index is 2.07. The lowest BCUT2D eigenvalue weighted by atomic mass is 10.2. The maximum Gasteiger partial charge on any atom is 0.259 e. The number of benzene rings is 1. The Hall–Kier alpha value is -1.72. The van der Waals surface area contributed by atoms with Gasteiger partial charge in [0.2, 0.25) is 0 Å². The van der Waals surface area contributed by atoms with Gasteiger partial charge in [-0.2, -0.15) is 4.98 Å². The highest BCUT2D eigenvalue weighted by molar-refractivity contribution is 7.17. The third kappa shape index (κ3) is 1.83. The molecule has 0 radical (unpaired) electrons. The Morgan fingerprint density at radius 2 is 2.24 bits per heavy atom. The number of rotatable bonds is 3. The summed E-state index contributed by atoms with van der Waals surface area (Å²) in [5, 5.41) is 10.1. The van der Waals surface area contributed by atoms with Crippen molar-refractivity contribution in [1.29, 1.82) is 0 Å². The molecule has 0 atom stereocenters. The minimum absolute atomic E-state index is 0.590. The van der Waals surface area contributed by atoms with Crippen molar-refractivity contribution < 1.29 is 4.52 Å². The summed E-state index contributed by atoms with van der Waals surface area (Å²) in [5.74, 6) is 1.27. The van der Waals surface area contributed by atoms with E-state index >= 15 is 0 Å². The van der Waals surface area contributed by atoms with Crippen LogP contribution in [0.2, 0.25) is 0 Å². The van der Waals surface area contributed by atoms with Crippen LogP contribution in [0, 0.1) is 0 Å². The number of aromatic nitrogens is 2. The summed E-state index contributed by atoms with van der Waals surface area (Å²) in [6, 6.07) is 8.21. The topological polar surface area (TPSA) is 51.0 Å². The molecule has 3 aromatic rings. The van der Waals surface area contributed by atoms with Crippen molar-refractivity contribution in [3.05, 3.63) is 35.5 Å². The van der Waals surface area contributed by atoms with Crippen LogP contribution < -0.4 is 5.32 Å². The first kappa shape index (κ1) is 10.4. The van der Waals surface area contributed by atoms with Gasteiger partial charge < -0.3 is 9.84 Å². The van der Waals surface area contributed by atoms with E-state index in [0.29, 0.717) is 18.3 Å². The Kier molecular flexibility index (Phi) is 2.62. The van der Waals surface area contributed by atoms with Gasteiger partial charge >= 0.3 is 0 Å². The highest BCUT2D eigenvalue weighted by Crippen LogP contribution is 2.32. The molecule has 0 amide bonds. The van der Waals surface area contributed by atoms with Crippen molar-refractivity contribution in [1.82, 2.24) is 15.5 Å². The molecule has 17 heavy (non-hydrogen) atoms. The fourth-order valence-corrected chi connectivity index (χ4v) is 2.67. The molecule has 0 unspecified atom stereocenters. The quantitative estimate of drug-likeness (QED) is 0.770. The average Bonchev–Trinajstić information content (AvgIpc) is 2.95. The van der Waals surface area contributed by atoms with Gasteiger partial charge in [-0.05, 0) is 13.1 Å². The number of fused-ring (bicyclic) bond motifs is 1. The molecule has 0 saturated heterocycles. The molecule has 0 saturated carbocycles. The maximum absolute atomic E-state index is 5.28. The minimum Gasteiger partial charge on any atom is -0.334 e. The molecule has 0 aliphatic heterocycles. The molecule has 2 aromatic heterocycles. The van der Waals surface area contributed by atoms with Crippen molar-refractivity contribution in [3.8, 4) is 11.5 Å². The van der Waals surface area contributed by atoms with E-state index in [2.05, 4.69) is 33.0 Å². The monoisotopic (exact) mass is 245 g/mol. The number of nitrogens with one attached hydrogen (secondary N) is 1. The van der Waals surface area contributed by atoms with Crippen LogP contribution in [-0.4, -0.2) is 17.2 Å². The fraction of sp³-hybridized carbons (Fsp3) is 0.167. The first-order chi connectivity index (χ1) is 8.38. The van der Waals surface area contributed by atoms with E-state index in [4.69, 9.17) is 4.52 Å². The largest absolute Gasteiger partial charge is 0.334 e. The lowest BCUT2D eigenvalue weighted by Crippen LogP contribution is -2.06. The van der Waals surface area contributed by atoms with Gasteiger partial charge in [-0.15, -0.1) is 11.3 Å². The Labute approximate surface area is 102 Å². The fourth-order valence-electron chi connectivity index (χ4n) is 1.74. The first-order valence-electron chi connectivity index (χ1n) is 5.32. The SMILES string of the molecule is CNCc1noc(-c2csc3ccccc23)n1. The van der Waals surface area contributed by atoms with E-state index in [1.807, 2.05) is 19.2 Å². The van der Waals surface area contributed by atoms with Gasteiger partial charge in [-0.25, -0.2) is 0 Å². The number of hydrogen-bond donors (Lipinski definition) is 1. The molecule has 0 aliphatic carbocycles. The molecule has 0 bridgehead atoms. The van der Waals surface area contributed by atoms with Gasteiger partial charge in [0.15, 0.2) is 5.82 Å². The molecule has 0 spiro atoms. The van der Waals surface area contributed by atoms with Crippen LogP contribution in [0.25, 0.3) is 21.5 Å². The smallest absolute Gasteiger partial charge is 0.259 e. The van der Waals surface area contributed by atoms with Crippen LogP contribution >= 0.6 is 11.3 Å². The molecule has 0 aliphatic rings. The number of hydrogen-bond acceptors (Lipinski definition) is 5. The summed E-state index contributed by atoms with van der Waals surface area (Å²) in [7, 11) is 1.86. The molecule has 1 aromatic carbocycles. The van der Waals surface area contributed by atoms with Crippen molar-refractivity contribution >= 4 is 21.4 Å². The number of nitrogens with zero attached hydrogens (tertiary/aromatic N) is 2. The molecule has 86 valence electrons. The van der Waals surface area contributed by atoms with Crippen LogP contribution in [0.3, 0.4) is 0 Å². The van der Waals surface area contributed by atoms with Gasteiger partial charge in [0, 0.05) is 15.5 Å². The predicted molar refractivity (Wildman–Crippen MR) is 67.9 cm³/mol. The highest BCUT2D eigenvalue weighted by atomic mass is 32.1. The normalized spacial score (nSPS) is 11.1. The average molecular weight is 245 g/mol. The predicted octanol–water partition coefficient (Wildman–Crippen LogP) is 2.67. The standard InChI is InChI=1S/C12H11N3OS/c1-13-6-11-14-12(16-15-11)9-7-17-10-5-3-2-4-8(9)10/h2-5,7,13H,6H2,1H3. The van der Waals surface area contributed by atoms with E-state index in [1.54, 1.807) is 11.3 Å². The molecule has 2 heterocycles. The second kappa shape index (κ2) is 4.27. The Bertz CT molecular complexity index is 644. The van der Waals surface area contributed by atoms with E-state index in [1.165, 1.54) is 4.70 Å². The zero-order valence-electron chi connectivity index (χ0n) is 9.30. The second-order valence-electron chi connectivity index (χ2n) is 3.69. The summed E-state index contributed by atoms with van der Waals surface area (Å²) < 4.78 is 6.51. The summed E-state index contributed by atoms with van der Waals surface area (Å²) >= 11 is 1.69. The van der Waals surface area contributed by atoms with E-state index in [0.717, 1.165) is 10.9 Å². The molecule has 3 rings (SSSR count). The third-order valence-corrected chi connectivity index (χ3v) is 3.48. The first-order valence-corrected chi connectivity index (χ1v) is 6.20. The zero-order valence-corrected chi connectivity index (χ0v) is 10.1. The molecular weight excluding hydrogens is 234 g/mol. The van der Waals surface area contributed by atoms with E-state index < -0.39 is 0 Å². The summed E-state index contributed by atoms with van der Waals surface area (Å²) in [4.78, 5) is 4.36. The van der Waals surface area contributed by atoms with Gasteiger partial charge in [0.25, 0.3) is 5.89 Å². The highest BCUT2D eigenvalue weighted by Gasteiger charge is 2.12. The molecule has 5 heteroatoms. The molecule has 1 N–H and O–H groups in total. The Morgan fingerprint density at radius 3 is 3.12 bits per heavy atom. The summed E-state index contributed by atoms with van der Waals surface area (Å²) in [6.45, 7) is 0.617. The Morgan fingerprint density at radius 1 is 1.35 bits per heavy atom. The van der Waals surface area contributed by atoms with Crippen LogP contribution in [0.5, 0.6) is 0 Å². The van der Waals surface area contributed by atoms with Crippen LogP contribution in [-0.2, 0) is 6.54 Å².